The fraction of sp³-hybridized carbons (Fsp3) is 1.00. The van der Waals surface area contributed by atoms with Gasteiger partial charge in [-0.25, -0.2) is 0 Å². The van der Waals surface area contributed by atoms with Crippen LogP contribution in [0.15, 0.2) is 0 Å². The maximum absolute atomic E-state index is 5.77. The van der Waals surface area contributed by atoms with E-state index in [1.54, 1.807) is 0 Å². The molecule has 1 fully saturated rings. The first-order valence-corrected chi connectivity index (χ1v) is 4.01. The fourth-order valence-corrected chi connectivity index (χ4v) is 1.48. The molecule has 1 saturated heterocycles. The summed E-state index contributed by atoms with van der Waals surface area (Å²) < 4.78 is 0. The van der Waals surface area contributed by atoms with Crippen molar-refractivity contribution in [2.75, 3.05) is 26.2 Å². The average Bonchev–Trinajstić information content (AvgIpc) is 1.88. The molecule has 0 aromatic rings. The maximum atomic E-state index is 5.77. The summed E-state index contributed by atoms with van der Waals surface area (Å²) in [5, 5.41) is 0. The number of rotatable bonds is 2. The smallest absolute Gasteiger partial charge is 0.0168 e. The number of nitrogens with two attached hydrogens (primary N) is 2. The van der Waals surface area contributed by atoms with Crippen LogP contribution in [0.5, 0.6) is 0 Å². The van der Waals surface area contributed by atoms with Gasteiger partial charge in [0.1, 0.15) is 0 Å². The average molecular weight is 180 g/mol. The van der Waals surface area contributed by atoms with E-state index >= 15 is 0 Å². The van der Waals surface area contributed by atoms with Crippen molar-refractivity contribution < 1.29 is 0 Å². The molecule has 68 valence electrons. The summed E-state index contributed by atoms with van der Waals surface area (Å²) in [6, 6.07) is 0.389. The largest absolute Gasteiger partial charge is 0.329 e. The maximum Gasteiger partial charge on any atom is 0.0168 e. The lowest BCUT2D eigenvalue weighted by atomic mass is 10.1. The van der Waals surface area contributed by atoms with Crippen LogP contribution in [0, 0.1) is 0 Å². The van der Waals surface area contributed by atoms with Crippen LogP contribution in [0.2, 0.25) is 0 Å². The zero-order valence-corrected chi connectivity index (χ0v) is 7.65. The van der Waals surface area contributed by atoms with Gasteiger partial charge >= 0.3 is 0 Å². The van der Waals surface area contributed by atoms with Crippen molar-refractivity contribution in [2.45, 2.75) is 18.9 Å². The first-order valence-electron chi connectivity index (χ1n) is 4.01. The second kappa shape index (κ2) is 5.77. The van der Waals surface area contributed by atoms with E-state index in [1.165, 1.54) is 19.4 Å². The highest BCUT2D eigenvalue weighted by Gasteiger charge is 2.14. The van der Waals surface area contributed by atoms with Crippen molar-refractivity contribution in [3.63, 3.8) is 0 Å². The molecule has 1 heterocycles. The van der Waals surface area contributed by atoms with Crippen molar-refractivity contribution in [3.8, 4) is 0 Å². The molecule has 1 aliphatic heterocycles. The Labute approximate surface area is 74.5 Å². The highest BCUT2D eigenvalue weighted by atomic mass is 35.5. The third-order valence-corrected chi connectivity index (χ3v) is 1.99. The van der Waals surface area contributed by atoms with E-state index in [-0.39, 0.29) is 12.4 Å². The molecule has 0 saturated carbocycles. The Morgan fingerprint density at radius 1 is 1.45 bits per heavy atom. The second-order valence-electron chi connectivity index (χ2n) is 2.99. The predicted molar refractivity (Wildman–Crippen MR) is 50.0 cm³/mol. The third kappa shape index (κ3) is 3.91. The zero-order chi connectivity index (χ0) is 7.40. The molecule has 0 spiro atoms. The fourth-order valence-electron chi connectivity index (χ4n) is 1.48. The highest BCUT2D eigenvalue weighted by Crippen LogP contribution is 2.06. The number of likely N-dealkylation sites (tertiary alicyclic amines) is 1. The Balaban J connectivity index is 0.000001000. The van der Waals surface area contributed by atoms with E-state index in [1.807, 2.05) is 0 Å². The molecule has 0 aliphatic carbocycles. The Morgan fingerprint density at radius 3 is 2.73 bits per heavy atom. The van der Waals surface area contributed by atoms with Gasteiger partial charge in [0.15, 0.2) is 0 Å². The van der Waals surface area contributed by atoms with Crippen molar-refractivity contribution in [1.82, 2.24) is 4.90 Å². The van der Waals surface area contributed by atoms with Gasteiger partial charge in [-0.15, -0.1) is 12.4 Å². The number of piperidine rings is 1. The first-order chi connectivity index (χ1) is 4.83. The van der Waals surface area contributed by atoms with Crippen LogP contribution >= 0.6 is 12.4 Å². The van der Waals surface area contributed by atoms with Gasteiger partial charge in [0.25, 0.3) is 0 Å². The van der Waals surface area contributed by atoms with E-state index in [0.717, 1.165) is 19.6 Å². The first kappa shape index (κ1) is 11.2. The summed E-state index contributed by atoms with van der Waals surface area (Å²) in [5.74, 6) is 0. The van der Waals surface area contributed by atoms with Crippen molar-refractivity contribution in [3.05, 3.63) is 0 Å². The van der Waals surface area contributed by atoms with Crippen molar-refractivity contribution in [2.24, 2.45) is 11.5 Å². The highest BCUT2D eigenvalue weighted by molar-refractivity contribution is 5.85. The number of nitrogens with zero attached hydrogens (tertiary/aromatic N) is 1. The van der Waals surface area contributed by atoms with E-state index in [9.17, 15) is 0 Å². The number of halogens is 1. The van der Waals surface area contributed by atoms with Gasteiger partial charge < -0.3 is 16.4 Å². The molecule has 4 N–H and O–H groups in total. The van der Waals surface area contributed by atoms with Crippen LogP contribution in [0.4, 0.5) is 0 Å². The summed E-state index contributed by atoms with van der Waals surface area (Å²) in [4.78, 5) is 2.34. The summed E-state index contributed by atoms with van der Waals surface area (Å²) in [6.45, 7) is 3.99. The van der Waals surface area contributed by atoms with Gasteiger partial charge in [-0.1, -0.05) is 0 Å². The molecule has 4 heteroatoms. The van der Waals surface area contributed by atoms with Crippen LogP contribution in [-0.2, 0) is 0 Å². The summed E-state index contributed by atoms with van der Waals surface area (Å²) in [6.07, 6.45) is 2.42. The molecule has 1 atom stereocenters. The molecule has 11 heavy (non-hydrogen) atoms. The Hall–Kier alpha value is 0.170. The molecular formula is C7H18ClN3. The minimum Gasteiger partial charge on any atom is -0.329 e. The van der Waals surface area contributed by atoms with Crippen LogP contribution in [0.25, 0.3) is 0 Å². The molecule has 0 aromatic carbocycles. The quantitative estimate of drug-likeness (QED) is 0.617. The number of hydrogen-bond acceptors (Lipinski definition) is 3. The van der Waals surface area contributed by atoms with Gasteiger partial charge in [-0.2, -0.15) is 0 Å². The molecule has 0 amide bonds. The lowest BCUT2D eigenvalue weighted by molar-refractivity contribution is 0.214. The summed E-state index contributed by atoms with van der Waals surface area (Å²) in [7, 11) is 0. The molecule has 0 bridgehead atoms. The summed E-state index contributed by atoms with van der Waals surface area (Å²) in [5.41, 5.74) is 11.2. The molecule has 3 nitrogen and oxygen atoms in total. The molecule has 1 rings (SSSR count). The van der Waals surface area contributed by atoms with Crippen LogP contribution in [-0.4, -0.2) is 37.1 Å². The van der Waals surface area contributed by atoms with E-state index in [0.29, 0.717) is 6.04 Å². The van der Waals surface area contributed by atoms with Gasteiger partial charge in [0, 0.05) is 25.7 Å². The van der Waals surface area contributed by atoms with Gasteiger partial charge in [-0.05, 0) is 19.4 Å². The van der Waals surface area contributed by atoms with Crippen LogP contribution in [0.1, 0.15) is 12.8 Å². The van der Waals surface area contributed by atoms with Crippen molar-refractivity contribution in [1.29, 1.82) is 0 Å². The molecule has 1 aliphatic rings. The lowest BCUT2D eigenvalue weighted by Gasteiger charge is -2.29. The third-order valence-electron chi connectivity index (χ3n) is 1.99. The Morgan fingerprint density at radius 2 is 2.18 bits per heavy atom. The van der Waals surface area contributed by atoms with Gasteiger partial charge in [-0.3, -0.25) is 0 Å². The zero-order valence-electron chi connectivity index (χ0n) is 6.83. The van der Waals surface area contributed by atoms with E-state index < -0.39 is 0 Å². The summed E-state index contributed by atoms with van der Waals surface area (Å²) >= 11 is 0. The Kier molecular flexibility index (Phi) is 5.86. The predicted octanol–water partition coefficient (Wildman–Crippen LogP) is -0.210. The standard InChI is InChI=1S/C7H17N3.ClH/c8-3-5-10-4-1-2-7(9)6-10;/h7H,1-6,8-9H2;1H/t7-;/m1./s1. The topological polar surface area (TPSA) is 55.3 Å². The molecule has 0 unspecified atom stereocenters. The van der Waals surface area contributed by atoms with Crippen molar-refractivity contribution >= 4 is 12.4 Å². The molecular weight excluding hydrogens is 162 g/mol. The minimum atomic E-state index is 0. The second-order valence-corrected chi connectivity index (χ2v) is 2.99. The van der Waals surface area contributed by atoms with Gasteiger partial charge in [0.05, 0.1) is 0 Å². The van der Waals surface area contributed by atoms with Crippen LogP contribution in [0.3, 0.4) is 0 Å². The van der Waals surface area contributed by atoms with Gasteiger partial charge in [0.2, 0.25) is 0 Å². The Bertz CT molecular complexity index is 97.7. The van der Waals surface area contributed by atoms with Crippen LogP contribution < -0.4 is 11.5 Å². The minimum absolute atomic E-state index is 0. The normalized spacial score (nSPS) is 26.2. The monoisotopic (exact) mass is 179 g/mol. The molecule has 0 radical (unpaired) electrons. The van der Waals surface area contributed by atoms with E-state index in [4.69, 9.17) is 11.5 Å². The number of hydrogen-bond donors (Lipinski definition) is 2. The SMILES string of the molecule is Cl.NCCN1CCC[C@@H](N)C1. The van der Waals surface area contributed by atoms with E-state index in [2.05, 4.69) is 4.90 Å². The lowest BCUT2D eigenvalue weighted by Crippen LogP contribution is -2.44. The molecule has 0 aromatic heterocycles.